The van der Waals surface area contributed by atoms with Gasteiger partial charge in [-0.1, -0.05) is 41.9 Å². The Morgan fingerprint density at radius 1 is 1.24 bits per heavy atom. The van der Waals surface area contributed by atoms with Crippen LogP contribution in [0.2, 0.25) is 0 Å². The van der Waals surface area contributed by atoms with E-state index in [-0.39, 0.29) is 16.2 Å². The number of nitro groups is 1. The zero-order valence-electron chi connectivity index (χ0n) is 10.6. The van der Waals surface area contributed by atoms with Gasteiger partial charge in [0.2, 0.25) is 0 Å². The largest absolute Gasteiger partial charge is 0.281 e. The molecule has 0 aliphatic heterocycles. The summed E-state index contributed by atoms with van der Waals surface area (Å²) < 4.78 is 13.1. The summed E-state index contributed by atoms with van der Waals surface area (Å²) in [6, 6.07) is 13.5. The van der Waals surface area contributed by atoms with Crippen LogP contribution in [-0.2, 0) is 0 Å². The molecule has 21 heavy (non-hydrogen) atoms. The molecule has 0 atom stereocenters. The highest BCUT2D eigenvalue weighted by Crippen LogP contribution is 2.34. The smallest absolute Gasteiger partial charge is 0.258 e. The van der Waals surface area contributed by atoms with Crippen LogP contribution in [-0.4, -0.2) is 4.92 Å². The SMILES string of the molecule is N#C/C(=C(\Cl)c1ccc(F)cc1[N+](=O)[O-])c1ccccc1. The number of halogens is 2. The van der Waals surface area contributed by atoms with Crippen molar-refractivity contribution in [3.05, 3.63) is 75.6 Å². The second kappa shape index (κ2) is 6.16. The van der Waals surface area contributed by atoms with Gasteiger partial charge in [0.15, 0.2) is 0 Å². The van der Waals surface area contributed by atoms with Crippen molar-refractivity contribution in [1.82, 2.24) is 0 Å². The number of hydrogen-bond donors (Lipinski definition) is 0. The van der Waals surface area contributed by atoms with Crippen LogP contribution in [0, 0.1) is 27.3 Å². The molecule has 0 heterocycles. The number of nitro benzene ring substituents is 1. The molecule has 0 N–H and O–H groups in total. The molecule has 0 fully saturated rings. The van der Waals surface area contributed by atoms with Gasteiger partial charge in [0.05, 0.1) is 27.2 Å². The number of allylic oxidation sites excluding steroid dienone is 1. The van der Waals surface area contributed by atoms with Crippen LogP contribution in [0.5, 0.6) is 0 Å². The first-order valence-corrected chi connectivity index (χ1v) is 6.22. The monoisotopic (exact) mass is 302 g/mol. The first-order valence-electron chi connectivity index (χ1n) is 5.84. The molecule has 2 aromatic carbocycles. The maximum Gasteiger partial charge on any atom is 0.281 e. The lowest BCUT2D eigenvalue weighted by atomic mass is 10.0. The summed E-state index contributed by atoms with van der Waals surface area (Å²) >= 11 is 6.14. The Morgan fingerprint density at radius 3 is 2.48 bits per heavy atom. The molecule has 2 rings (SSSR count). The van der Waals surface area contributed by atoms with E-state index >= 15 is 0 Å². The minimum Gasteiger partial charge on any atom is -0.258 e. The van der Waals surface area contributed by atoms with Crippen molar-refractivity contribution in [3.63, 3.8) is 0 Å². The summed E-state index contributed by atoms with van der Waals surface area (Å²) in [7, 11) is 0. The van der Waals surface area contributed by atoms with Crippen molar-refractivity contribution in [2.75, 3.05) is 0 Å². The third kappa shape index (κ3) is 3.07. The summed E-state index contributed by atoms with van der Waals surface area (Å²) in [5.41, 5.74) is 0.141. The van der Waals surface area contributed by atoms with Gasteiger partial charge in [0.25, 0.3) is 5.69 Å². The number of nitrogens with zero attached hydrogens (tertiary/aromatic N) is 2. The Morgan fingerprint density at radius 2 is 1.90 bits per heavy atom. The molecule has 2 aromatic rings. The lowest BCUT2D eigenvalue weighted by Gasteiger charge is -2.05. The average molecular weight is 303 g/mol. The van der Waals surface area contributed by atoms with Crippen molar-refractivity contribution in [1.29, 1.82) is 5.26 Å². The van der Waals surface area contributed by atoms with Crippen molar-refractivity contribution in [2.24, 2.45) is 0 Å². The molecule has 6 heteroatoms. The van der Waals surface area contributed by atoms with Gasteiger partial charge in [-0.2, -0.15) is 5.26 Å². The molecule has 0 bridgehead atoms. The molecule has 0 unspecified atom stereocenters. The molecule has 0 aliphatic carbocycles. The summed E-state index contributed by atoms with van der Waals surface area (Å²) in [5.74, 6) is -0.742. The highest BCUT2D eigenvalue weighted by Gasteiger charge is 2.20. The van der Waals surface area contributed by atoms with Crippen molar-refractivity contribution < 1.29 is 9.31 Å². The molecule has 0 aromatic heterocycles. The lowest BCUT2D eigenvalue weighted by molar-refractivity contribution is -0.385. The minimum absolute atomic E-state index is 0.00321. The van der Waals surface area contributed by atoms with E-state index in [9.17, 15) is 19.8 Å². The van der Waals surface area contributed by atoms with Gasteiger partial charge in [-0.15, -0.1) is 0 Å². The Kier molecular flexibility index (Phi) is 4.31. The van der Waals surface area contributed by atoms with Crippen molar-refractivity contribution >= 4 is 27.9 Å². The van der Waals surface area contributed by atoms with Gasteiger partial charge in [0, 0.05) is 0 Å². The van der Waals surface area contributed by atoms with E-state index in [1.54, 1.807) is 30.3 Å². The van der Waals surface area contributed by atoms with Crippen molar-refractivity contribution in [2.45, 2.75) is 0 Å². The Bertz CT molecular complexity index is 767. The number of benzene rings is 2. The van der Waals surface area contributed by atoms with Crippen LogP contribution in [0.1, 0.15) is 11.1 Å². The number of nitriles is 1. The number of hydrogen-bond acceptors (Lipinski definition) is 3. The quantitative estimate of drug-likeness (QED) is 0.366. The lowest BCUT2D eigenvalue weighted by Crippen LogP contribution is -1.95. The van der Waals surface area contributed by atoms with Crippen LogP contribution in [0.25, 0.3) is 10.6 Å². The fourth-order valence-corrected chi connectivity index (χ4v) is 2.13. The van der Waals surface area contributed by atoms with E-state index in [0.717, 1.165) is 12.1 Å². The summed E-state index contributed by atoms with van der Waals surface area (Å²) in [4.78, 5) is 10.3. The summed E-state index contributed by atoms with van der Waals surface area (Å²) in [5, 5.41) is 20.2. The van der Waals surface area contributed by atoms with E-state index in [4.69, 9.17) is 11.6 Å². The Labute approximate surface area is 124 Å². The molecular weight excluding hydrogens is 295 g/mol. The molecule has 0 saturated carbocycles. The van der Waals surface area contributed by atoms with Gasteiger partial charge < -0.3 is 0 Å². The maximum absolute atomic E-state index is 13.1. The van der Waals surface area contributed by atoms with Gasteiger partial charge >= 0.3 is 0 Å². The second-order valence-corrected chi connectivity index (χ2v) is 4.46. The molecule has 0 spiro atoms. The van der Waals surface area contributed by atoms with Gasteiger partial charge in [-0.05, 0) is 17.7 Å². The van der Waals surface area contributed by atoms with E-state index in [2.05, 4.69) is 0 Å². The molecule has 104 valence electrons. The van der Waals surface area contributed by atoms with E-state index < -0.39 is 16.4 Å². The van der Waals surface area contributed by atoms with Gasteiger partial charge in [0.1, 0.15) is 11.9 Å². The third-order valence-electron chi connectivity index (χ3n) is 2.79. The van der Waals surface area contributed by atoms with Gasteiger partial charge in [-0.3, -0.25) is 10.1 Å². The zero-order chi connectivity index (χ0) is 15.4. The van der Waals surface area contributed by atoms with E-state index in [1.165, 1.54) is 6.07 Å². The maximum atomic E-state index is 13.1. The highest BCUT2D eigenvalue weighted by atomic mass is 35.5. The van der Waals surface area contributed by atoms with Crippen molar-refractivity contribution in [3.8, 4) is 6.07 Å². The summed E-state index contributed by atoms with van der Waals surface area (Å²) in [6.07, 6.45) is 0. The standard InChI is InChI=1S/C15H8ClFN2O2/c16-15(13(9-18)10-4-2-1-3-5-10)12-7-6-11(17)8-14(12)19(20)21/h1-8H/b15-13+. The van der Waals surface area contributed by atoms with E-state index in [0.29, 0.717) is 5.56 Å². The van der Waals surface area contributed by atoms with Crippen LogP contribution >= 0.6 is 11.6 Å². The normalized spacial score (nSPS) is 11.5. The minimum atomic E-state index is -0.742. The third-order valence-corrected chi connectivity index (χ3v) is 3.18. The molecule has 0 amide bonds. The molecule has 0 aliphatic rings. The van der Waals surface area contributed by atoms with Gasteiger partial charge in [-0.25, -0.2) is 4.39 Å². The summed E-state index contributed by atoms with van der Waals surface area (Å²) in [6.45, 7) is 0. The van der Waals surface area contributed by atoms with E-state index in [1.807, 2.05) is 6.07 Å². The van der Waals surface area contributed by atoms with Crippen LogP contribution < -0.4 is 0 Å². The fourth-order valence-electron chi connectivity index (χ4n) is 1.82. The Hall–Kier alpha value is -2.71. The van der Waals surface area contributed by atoms with Crippen LogP contribution in [0.3, 0.4) is 0 Å². The first-order chi connectivity index (χ1) is 10.0. The number of rotatable bonds is 3. The predicted octanol–water partition coefficient (Wildman–Crippen LogP) is 4.36. The fraction of sp³-hybridized carbons (Fsp3) is 0. The molecular formula is C15H8ClFN2O2. The topological polar surface area (TPSA) is 66.9 Å². The van der Waals surface area contributed by atoms with Crippen LogP contribution in [0.4, 0.5) is 10.1 Å². The second-order valence-electron chi connectivity index (χ2n) is 4.09. The molecule has 0 saturated heterocycles. The predicted molar refractivity (Wildman–Crippen MR) is 77.8 cm³/mol. The zero-order valence-corrected chi connectivity index (χ0v) is 11.3. The first kappa shape index (κ1) is 14.7. The molecule has 4 nitrogen and oxygen atoms in total. The average Bonchev–Trinajstić information content (AvgIpc) is 2.48. The Balaban J connectivity index is 2.68. The highest BCUT2D eigenvalue weighted by molar-refractivity contribution is 6.53. The molecule has 0 radical (unpaired) electrons. The van der Waals surface area contributed by atoms with Crippen LogP contribution in [0.15, 0.2) is 48.5 Å².